The number of aromatic nitrogens is 2. The molecule has 9 heteroatoms. The summed E-state index contributed by atoms with van der Waals surface area (Å²) in [6, 6.07) is 3.74. The molecule has 29 heavy (non-hydrogen) atoms. The Hall–Kier alpha value is -2.94. The first kappa shape index (κ1) is 19.4. The van der Waals surface area contributed by atoms with Gasteiger partial charge in [0.15, 0.2) is 0 Å². The van der Waals surface area contributed by atoms with E-state index in [1.165, 1.54) is 23.1 Å². The van der Waals surface area contributed by atoms with Crippen molar-refractivity contribution in [3.63, 3.8) is 0 Å². The summed E-state index contributed by atoms with van der Waals surface area (Å²) in [6.07, 6.45) is 2.01. The molecule has 0 spiro atoms. The number of aryl methyl sites for hydroxylation is 1. The molecule has 1 atom stereocenters. The van der Waals surface area contributed by atoms with Crippen LogP contribution in [-0.4, -0.2) is 52.3 Å². The molecule has 3 amide bonds. The third kappa shape index (κ3) is 3.69. The van der Waals surface area contributed by atoms with Gasteiger partial charge in [-0.1, -0.05) is 0 Å². The van der Waals surface area contributed by atoms with Crippen LogP contribution < -0.4 is 15.5 Å². The van der Waals surface area contributed by atoms with Gasteiger partial charge in [0.25, 0.3) is 5.91 Å². The van der Waals surface area contributed by atoms with E-state index in [9.17, 15) is 19.1 Å². The number of carbonyl (C=O) groups is 2. The van der Waals surface area contributed by atoms with Crippen molar-refractivity contribution < 1.29 is 19.1 Å². The molecular formula is C20H24FN5O3. The largest absolute Gasteiger partial charge is 0.395 e. The van der Waals surface area contributed by atoms with Gasteiger partial charge in [-0.05, 0) is 38.0 Å². The van der Waals surface area contributed by atoms with E-state index >= 15 is 0 Å². The van der Waals surface area contributed by atoms with Gasteiger partial charge in [-0.15, -0.1) is 0 Å². The highest BCUT2D eigenvalue weighted by molar-refractivity contribution is 5.98. The van der Waals surface area contributed by atoms with Gasteiger partial charge in [-0.25, -0.2) is 14.2 Å². The molecular weight excluding hydrogens is 377 g/mol. The smallest absolute Gasteiger partial charge is 0.321 e. The van der Waals surface area contributed by atoms with Crippen LogP contribution in [-0.2, 0) is 19.4 Å². The average molecular weight is 401 g/mol. The summed E-state index contributed by atoms with van der Waals surface area (Å²) in [5.74, 6) is -0.270. The second-order valence-electron chi connectivity index (χ2n) is 7.39. The summed E-state index contributed by atoms with van der Waals surface area (Å²) in [5, 5.41) is 14.8. The van der Waals surface area contributed by atoms with Crippen molar-refractivity contribution in [2.75, 3.05) is 24.6 Å². The maximum atomic E-state index is 14.3. The number of aliphatic hydroxyl groups excluding tert-OH is 1. The molecule has 1 unspecified atom stereocenters. The molecule has 4 rings (SSSR count). The van der Waals surface area contributed by atoms with E-state index in [0.29, 0.717) is 38.2 Å². The molecule has 0 bridgehead atoms. The minimum atomic E-state index is -0.620. The molecule has 154 valence electrons. The van der Waals surface area contributed by atoms with E-state index in [4.69, 9.17) is 0 Å². The molecule has 1 fully saturated rings. The molecule has 1 saturated heterocycles. The zero-order valence-corrected chi connectivity index (χ0v) is 16.2. The van der Waals surface area contributed by atoms with Crippen LogP contribution in [0, 0.1) is 12.7 Å². The van der Waals surface area contributed by atoms with Gasteiger partial charge in [0.2, 0.25) is 0 Å². The van der Waals surface area contributed by atoms with E-state index in [2.05, 4.69) is 15.6 Å². The normalized spacial score (nSPS) is 18.5. The first-order chi connectivity index (χ1) is 14.0. The van der Waals surface area contributed by atoms with Crippen LogP contribution in [0.1, 0.15) is 34.0 Å². The number of amides is 3. The molecule has 8 nitrogen and oxygen atoms in total. The Bertz CT molecular complexity index is 958. The number of carbonyl (C=O) groups excluding carboxylic acids is 2. The Labute approximate surface area is 167 Å². The van der Waals surface area contributed by atoms with Crippen molar-refractivity contribution in [2.24, 2.45) is 0 Å². The summed E-state index contributed by atoms with van der Waals surface area (Å²) >= 11 is 0. The molecule has 0 radical (unpaired) electrons. The fraction of sp³-hybridized carbons (Fsp3) is 0.450. The number of aliphatic hydroxyl groups is 1. The monoisotopic (exact) mass is 401 g/mol. The highest BCUT2D eigenvalue weighted by atomic mass is 19.1. The lowest BCUT2D eigenvalue weighted by molar-refractivity contribution is 0.0929. The Morgan fingerprint density at radius 2 is 2.28 bits per heavy atom. The third-order valence-electron chi connectivity index (χ3n) is 5.54. The van der Waals surface area contributed by atoms with Crippen LogP contribution in [0.2, 0.25) is 0 Å². The van der Waals surface area contributed by atoms with E-state index < -0.39 is 11.7 Å². The fourth-order valence-corrected chi connectivity index (χ4v) is 4.12. The number of anilines is 1. The van der Waals surface area contributed by atoms with Crippen LogP contribution >= 0.6 is 0 Å². The van der Waals surface area contributed by atoms with Crippen molar-refractivity contribution in [1.82, 2.24) is 20.2 Å². The van der Waals surface area contributed by atoms with E-state index in [-0.39, 0.29) is 24.2 Å². The van der Waals surface area contributed by atoms with Crippen LogP contribution in [0.4, 0.5) is 14.9 Å². The fourth-order valence-electron chi connectivity index (χ4n) is 4.12. The molecule has 3 N–H and O–H groups in total. The number of benzene rings is 1. The number of nitrogens with zero attached hydrogens (tertiary/aromatic N) is 3. The van der Waals surface area contributed by atoms with Crippen molar-refractivity contribution in [2.45, 2.75) is 38.8 Å². The van der Waals surface area contributed by atoms with Gasteiger partial charge in [-0.2, -0.15) is 0 Å². The minimum absolute atomic E-state index is 0.0501. The lowest BCUT2D eigenvalue weighted by Gasteiger charge is -2.24. The highest BCUT2D eigenvalue weighted by Gasteiger charge is 2.27. The molecule has 1 aliphatic carbocycles. The first-order valence-corrected chi connectivity index (χ1v) is 9.79. The predicted molar refractivity (Wildman–Crippen MR) is 104 cm³/mol. The number of rotatable bonds is 5. The summed E-state index contributed by atoms with van der Waals surface area (Å²) in [6.45, 7) is 3.45. The van der Waals surface area contributed by atoms with Gasteiger partial charge in [0, 0.05) is 43.5 Å². The lowest BCUT2D eigenvalue weighted by Crippen LogP contribution is -2.39. The Morgan fingerprint density at radius 3 is 3.00 bits per heavy atom. The van der Waals surface area contributed by atoms with Gasteiger partial charge >= 0.3 is 6.03 Å². The van der Waals surface area contributed by atoms with E-state index in [0.717, 1.165) is 23.6 Å². The lowest BCUT2D eigenvalue weighted by atomic mass is 9.95. The third-order valence-corrected chi connectivity index (χ3v) is 5.54. The van der Waals surface area contributed by atoms with Gasteiger partial charge in [0.1, 0.15) is 11.6 Å². The SMILES string of the molecule is Cc1nc2c(n1CCO)CCC(NC(=O)c1cc(N3CCNC3=O)ccc1F)C2. The summed E-state index contributed by atoms with van der Waals surface area (Å²) in [4.78, 5) is 30.6. The van der Waals surface area contributed by atoms with Gasteiger partial charge < -0.3 is 20.3 Å². The summed E-state index contributed by atoms with van der Waals surface area (Å²) in [7, 11) is 0. The van der Waals surface area contributed by atoms with Crippen LogP contribution in [0.15, 0.2) is 18.2 Å². The van der Waals surface area contributed by atoms with Crippen LogP contribution in [0.5, 0.6) is 0 Å². The second kappa shape index (κ2) is 7.82. The van der Waals surface area contributed by atoms with Gasteiger partial charge in [-0.3, -0.25) is 9.69 Å². The standard InChI is InChI=1S/C20H24FN5O3/c1-12-23-17-10-13(2-5-18(17)25(12)8-9-27)24-19(28)15-11-14(3-4-16(15)21)26-7-6-22-20(26)29/h3-4,11,13,27H,2,5-10H2,1H3,(H,22,29)(H,24,28). The molecule has 2 aromatic rings. The molecule has 1 aromatic carbocycles. The van der Waals surface area contributed by atoms with E-state index in [1.807, 2.05) is 11.5 Å². The molecule has 1 aliphatic heterocycles. The molecule has 1 aromatic heterocycles. The van der Waals surface area contributed by atoms with Crippen molar-refractivity contribution >= 4 is 17.6 Å². The number of halogens is 1. The summed E-state index contributed by atoms with van der Waals surface area (Å²) < 4.78 is 16.3. The second-order valence-corrected chi connectivity index (χ2v) is 7.39. The van der Waals surface area contributed by atoms with Gasteiger partial charge in [0.05, 0.1) is 17.9 Å². The first-order valence-electron chi connectivity index (χ1n) is 9.79. The zero-order valence-electron chi connectivity index (χ0n) is 16.2. The number of hydrogen-bond acceptors (Lipinski definition) is 4. The molecule has 0 saturated carbocycles. The Morgan fingerprint density at radius 1 is 1.45 bits per heavy atom. The van der Waals surface area contributed by atoms with Crippen molar-refractivity contribution in [3.8, 4) is 0 Å². The summed E-state index contributed by atoms with van der Waals surface area (Å²) in [5.41, 5.74) is 2.43. The molecule has 2 heterocycles. The van der Waals surface area contributed by atoms with Crippen LogP contribution in [0.3, 0.4) is 0 Å². The molecule has 2 aliphatic rings. The number of fused-ring (bicyclic) bond motifs is 1. The zero-order chi connectivity index (χ0) is 20.5. The van der Waals surface area contributed by atoms with Crippen LogP contribution in [0.25, 0.3) is 0 Å². The van der Waals surface area contributed by atoms with Crippen molar-refractivity contribution in [1.29, 1.82) is 0 Å². The number of urea groups is 1. The number of imidazole rings is 1. The highest BCUT2D eigenvalue weighted by Crippen LogP contribution is 2.24. The van der Waals surface area contributed by atoms with E-state index in [1.54, 1.807) is 0 Å². The minimum Gasteiger partial charge on any atom is -0.395 e. The number of nitrogens with one attached hydrogen (secondary N) is 2. The Kier molecular flexibility index (Phi) is 5.23. The predicted octanol–water partition coefficient (Wildman–Crippen LogP) is 1.14. The maximum Gasteiger partial charge on any atom is 0.321 e. The van der Waals surface area contributed by atoms with Crippen molar-refractivity contribution in [3.05, 3.63) is 46.8 Å². The number of hydrogen-bond donors (Lipinski definition) is 3. The Balaban J connectivity index is 1.49. The average Bonchev–Trinajstić information content (AvgIpc) is 3.25. The topological polar surface area (TPSA) is 99.5 Å². The quantitative estimate of drug-likeness (QED) is 0.700. The maximum absolute atomic E-state index is 14.3.